The lowest BCUT2D eigenvalue weighted by Gasteiger charge is -2.29. The first-order valence-electron chi connectivity index (χ1n) is 10.5. The average Bonchev–Trinajstić information content (AvgIpc) is 2.66. The van der Waals surface area contributed by atoms with Crippen LogP contribution >= 0.6 is 0 Å². The molecule has 0 spiro atoms. The Morgan fingerprint density at radius 1 is 1.08 bits per heavy atom. The Hall–Kier alpha value is -1.57. The average molecular weight is 357 g/mol. The zero-order chi connectivity index (χ0) is 18.8. The van der Waals surface area contributed by atoms with Crippen molar-refractivity contribution in [3.63, 3.8) is 0 Å². The predicted molar refractivity (Wildman–Crippen MR) is 109 cm³/mol. The summed E-state index contributed by atoms with van der Waals surface area (Å²) in [5.41, 5.74) is 3.30. The number of hydrogen-bond donors (Lipinski definition) is 0. The van der Waals surface area contributed by atoms with Gasteiger partial charge >= 0.3 is 5.97 Å². The van der Waals surface area contributed by atoms with Crippen LogP contribution < -0.4 is 0 Å². The van der Waals surface area contributed by atoms with Crippen molar-refractivity contribution in [3.05, 3.63) is 47.5 Å². The molecule has 0 amide bonds. The number of carbonyl (C=O) groups is 1. The largest absolute Gasteiger partial charge is 0.462 e. The lowest BCUT2D eigenvalue weighted by molar-refractivity contribution is -0.139. The van der Waals surface area contributed by atoms with Crippen LogP contribution in [0, 0.1) is 5.92 Å². The monoisotopic (exact) mass is 356 g/mol. The topological polar surface area (TPSA) is 26.3 Å². The lowest BCUT2D eigenvalue weighted by Crippen LogP contribution is -2.13. The van der Waals surface area contributed by atoms with Crippen molar-refractivity contribution in [2.75, 3.05) is 6.61 Å². The quantitative estimate of drug-likeness (QED) is 0.268. The van der Waals surface area contributed by atoms with E-state index >= 15 is 0 Å². The van der Waals surface area contributed by atoms with E-state index in [1.807, 2.05) is 0 Å². The molecule has 144 valence electrons. The summed E-state index contributed by atoms with van der Waals surface area (Å²) in [5.74, 6) is 1.44. The van der Waals surface area contributed by atoms with Crippen molar-refractivity contribution in [3.8, 4) is 0 Å². The van der Waals surface area contributed by atoms with Gasteiger partial charge in [-0.15, -0.1) is 0 Å². The van der Waals surface area contributed by atoms with Gasteiger partial charge in [0.25, 0.3) is 0 Å². The van der Waals surface area contributed by atoms with Crippen LogP contribution in [0.2, 0.25) is 0 Å². The number of benzene rings is 1. The van der Waals surface area contributed by atoms with Gasteiger partial charge < -0.3 is 4.74 Å². The van der Waals surface area contributed by atoms with E-state index < -0.39 is 0 Å². The van der Waals surface area contributed by atoms with Gasteiger partial charge in [0.2, 0.25) is 0 Å². The first-order chi connectivity index (χ1) is 12.6. The highest BCUT2D eigenvalue weighted by atomic mass is 16.5. The number of unbranched alkanes of at least 4 members (excludes halogenated alkanes) is 2. The van der Waals surface area contributed by atoms with Crippen LogP contribution in [0.4, 0.5) is 0 Å². The van der Waals surface area contributed by atoms with Crippen LogP contribution in [-0.4, -0.2) is 12.6 Å². The third-order valence-corrected chi connectivity index (χ3v) is 5.71. The molecular formula is C24H36O2. The maximum Gasteiger partial charge on any atom is 0.333 e. The normalized spacial score (nSPS) is 19.9. The Morgan fingerprint density at radius 2 is 1.77 bits per heavy atom. The van der Waals surface area contributed by atoms with Gasteiger partial charge in [-0.3, -0.25) is 0 Å². The number of ether oxygens (including phenoxy) is 1. The third kappa shape index (κ3) is 6.97. The summed E-state index contributed by atoms with van der Waals surface area (Å²) in [6.45, 7) is 8.03. The minimum absolute atomic E-state index is 0.286. The van der Waals surface area contributed by atoms with Crippen LogP contribution in [0.15, 0.2) is 36.4 Å². The van der Waals surface area contributed by atoms with Crippen LogP contribution in [-0.2, 0) is 16.0 Å². The maximum atomic E-state index is 11.3. The Bertz CT molecular complexity index is 550. The molecule has 1 aliphatic carbocycles. The predicted octanol–water partition coefficient (Wildman–Crippen LogP) is 6.59. The fourth-order valence-electron chi connectivity index (χ4n) is 3.99. The molecule has 0 aliphatic heterocycles. The molecule has 0 heterocycles. The Morgan fingerprint density at radius 3 is 2.38 bits per heavy atom. The summed E-state index contributed by atoms with van der Waals surface area (Å²) in [4.78, 5) is 11.3. The Kier molecular flexibility index (Phi) is 8.94. The smallest absolute Gasteiger partial charge is 0.333 e. The molecule has 1 fully saturated rings. The Labute approximate surface area is 160 Å². The van der Waals surface area contributed by atoms with Crippen molar-refractivity contribution in [1.29, 1.82) is 0 Å². The van der Waals surface area contributed by atoms with E-state index in [1.165, 1.54) is 62.5 Å². The molecule has 2 heteroatoms. The minimum Gasteiger partial charge on any atom is -0.462 e. The molecule has 0 bridgehead atoms. The van der Waals surface area contributed by atoms with Gasteiger partial charge in [-0.1, -0.05) is 63.5 Å². The van der Waals surface area contributed by atoms with Gasteiger partial charge in [0.1, 0.15) is 0 Å². The highest BCUT2D eigenvalue weighted by Crippen LogP contribution is 2.37. The molecule has 0 radical (unpaired) electrons. The first kappa shape index (κ1) is 20.7. The van der Waals surface area contributed by atoms with Gasteiger partial charge in [0, 0.05) is 5.57 Å². The molecule has 1 aliphatic rings. The molecule has 1 aromatic rings. The van der Waals surface area contributed by atoms with Crippen molar-refractivity contribution < 1.29 is 9.53 Å². The summed E-state index contributed by atoms with van der Waals surface area (Å²) in [5, 5.41) is 0. The minimum atomic E-state index is -0.286. The molecule has 26 heavy (non-hydrogen) atoms. The summed E-state index contributed by atoms with van der Waals surface area (Å²) >= 11 is 0. The molecule has 0 aromatic heterocycles. The first-order valence-corrected chi connectivity index (χ1v) is 10.5. The molecule has 0 N–H and O–H groups in total. The van der Waals surface area contributed by atoms with Crippen molar-refractivity contribution >= 4 is 5.97 Å². The molecule has 1 aromatic carbocycles. The van der Waals surface area contributed by atoms with Crippen molar-refractivity contribution in [2.24, 2.45) is 5.92 Å². The van der Waals surface area contributed by atoms with Crippen LogP contribution in [0.25, 0.3) is 0 Å². The number of aryl methyl sites for hydroxylation is 1. The summed E-state index contributed by atoms with van der Waals surface area (Å²) in [7, 11) is 0. The van der Waals surface area contributed by atoms with Gasteiger partial charge in [-0.25, -0.2) is 4.79 Å². The Balaban J connectivity index is 1.69. The zero-order valence-corrected chi connectivity index (χ0v) is 16.8. The summed E-state index contributed by atoms with van der Waals surface area (Å²) in [6.07, 6.45) is 12.9. The second kappa shape index (κ2) is 11.2. The van der Waals surface area contributed by atoms with Gasteiger partial charge in [-0.2, -0.15) is 0 Å². The van der Waals surface area contributed by atoms with Crippen LogP contribution in [0.1, 0.15) is 88.7 Å². The van der Waals surface area contributed by atoms with Gasteiger partial charge in [0.15, 0.2) is 0 Å². The second-order valence-corrected chi connectivity index (χ2v) is 7.97. The summed E-state index contributed by atoms with van der Waals surface area (Å²) in [6, 6.07) is 9.14. The summed E-state index contributed by atoms with van der Waals surface area (Å²) < 4.78 is 5.15. The molecule has 0 unspecified atom stereocenters. The van der Waals surface area contributed by atoms with Gasteiger partial charge in [-0.05, 0) is 68.4 Å². The number of hydrogen-bond acceptors (Lipinski definition) is 2. The van der Waals surface area contributed by atoms with Crippen LogP contribution in [0.3, 0.4) is 0 Å². The van der Waals surface area contributed by atoms with Crippen molar-refractivity contribution in [1.82, 2.24) is 0 Å². The molecule has 2 nitrogen and oxygen atoms in total. The van der Waals surface area contributed by atoms with Crippen molar-refractivity contribution in [2.45, 2.75) is 84.0 Å². The molecule has 2 rings (SSSR count). The molecule has 1 saturated carbocycles. The molecule has 0 saturated heterocycles. The fraction of sp³-hybridized carbons (Fsp3) is 0.625. The van der Waals surface area contributed by atoms with E-state index in [4.69, 9.17) is 4.74 Å². The van der Waals surface area contributed by atoms with E-state index in [-0.39, 0.29) is 5.97 Å². The fourth-order valence-corrected chi connectivity index (χ4v) is 3.99. The highest BCUT2D eigenvalue weighted by Gasteiger charge is 2.21. The second-order valence-electron chi connectivity index (χ2n) is 7.97. The van der Waals surface area contributed by atoms with E-state index in [1.54, 1.807) is 6.92 Å². The third-order valence-electron chi connectivity index (χ3n) is 5.71. The SMILES string of the molecule is C=C(C)C(=O)OCCCc1ccc(C2CCC(CCCCC)CC2)cc1. The standard InChI is InChI=1S/C24H36O2/c1-4-5-6-8-20-10-14-22(15-11-20)23-16-12-21(13-17-23)9-7-18-26-24(25)19(2)3/h12-13,16-17,20,22H,2,4-11,14-15,18H2,1,3H3. The van der Waals surface area contributed by atoms with Crippen LogP contribution in [0.5, 0.6) is 0 Å². The van der Waals surface area contributed by atoms with E-state index in [9.17, 15) is 4.79 Å². The van der Waals surface area contributed by atoms with E-state index in [2.05, 4.69) is 37.8 Å². The van der Waals surface area contributed by atoms with E-state index in [0.29, 0.717) is 12.2 Å². The van der Waals surface area contributed by atoms with Gasteiger partial charge in [0.05, 0.1) is 6.61 Å². The molecule has 0 atom stereocenters. The number of carbonyl (C=O) groups excluding carboxylic acids is 1. The lowest BCUT2D eigenvalue weighted by atomic mass is 9.77. The number of esters is 1. The molecular weight excluding hydrogens is 320 g/mol. The number of rotatable bonds is 10. The zero-order valence-electron chi connectivity index (χ0n) is 16.8. The van der Waals surface area contributed by atoms with E-state index in [0.717, 1.165) is 24.7 Å². The highest BCUT2D eigenvalue weighted by molar-refractivity contribution is 5.86. The maximum absolute atomic E-state index is 11.3.